The summed E-state index contributed by atoms with van der Waals surface area (Å²) in [7, 11) is 3.84. The second-order valence-electron chi connectivity index (χ2n) is 11.1. The summed E-state index contributed by atoms with van der Waals surface area (Å²) in [6.45, 7) is 2.34. The van der Waals surface area contributed by atoms with E-state index < -0.39 is 5.97 Å². The van der Waals surface area contributed by atoms with Gasteiger partial charge in [0.15, 0.2) is 0 Å². The molecule has 0 aliphatic carbocycles. The zero-order chi connectivity index (χ0) is 32.5. The molecule has 46 heavy (non-hydrogen) atoms. The summed E-state index contributed by atoms with van der Waals surface area (Å²) in [5.41, 5.74) is 6.42. The first-order chi connectivity index (χ1) is 22.2. The van der Waals surface area contributed by atoms with Crippen LogP contribution < -0.4 is 0 Å². The van der Waals surface area contributed by atoms with Gasteiger partial charge in [0.25, 0.3) is 0 Å². The highest BCUT2D eigenvalue weighted by Crippen LogP contribution is 2.41. The van der Waals surface area contributed by atoms with Gasteiger partial charge in [0.05, 0.1) is 11.4 Å². The number of rotatable bonds is 12. The Bertz CT molecular complexity index is 2080. The van der Waals surface area contributed by atoms with Crippen molar-refractivity contribution in [3.05, 3.63) is 94.2 Å². The number of carbonyl (C=O) groups is 1. The van der Waals surface area contributed by atoms with Crippen molar-refractivity contribution in [1.82, 2.24) is 24.1 Å². The van der Waals surface area contributed by atoms with Crippen LogP contribution in [0.5, 0.6) is 5.75 Å². The van der Waals surface area contributed by atoms with Gasteiger partial charge in [0, 0.05) is 93.2 Å². The van der Waals surface area contributed by atoms with Gasteiger partial charge in [0.2, 0.25) is 0 Å². The summed E-state index contributed by atoms with van der Waals surface area (Å²) < 4.78 is 5.47. The summed E-state index contributed by atoms with van der Waals surface area (Å²) in [5, 5.41) is 42.5. The van der Waals surface area contributed by atoms with E-state index in [4.69, 9.17) is 21.8 Å². The fourth-order valence-corrected chi connectivity index (χ4v) is 7.94. The highest BCUT2D eigenvalue weighted by Gasteiger charge is 2.24. The number of aromatic carboxylic acids is 1. The van der Waals surface area contributed by atoms with Crippen molar-refractivity contribution in [3.8, 4) is 16.9 Å². The van der Waals surface area contributed by atoms with E-state index in [-0.39, 0.29) is 18.1 Å². The van der Waals surface area contributed by atoms with Crippen molar-refractivity contribution in [2.24, 2.45) is 14.1 Å². The number of fused-ring (bicyclic) bond motifs is 2. The predicted octanol–water partition coefficient (Wildman–Crippen LogP) is 7.40. The number of carboxylic acids is 1. The number of nitrogens with zero attached hydrogens (tertiary/aromatic N) is 5. The Kier molecular flexibility index (Phi) is 9.37. The topological polar surface area (TPSA) is 118 Å². The van der Waals surface area contributed by atoms with Crippen LogP contribution in [0.25, 0.3) is 32.8 Å². The van der Waals surface area contributed by atoms with E-state index in [2.05, 4.69) is 12.1 Å². The number of aromatic nitrogens is 5. The van der Waals surface area contributed by atoms with Gasteiger partial charge in [-0.05, 0) is 55.1 Å². The molecule has 0 aliphatic rings. The van der Waals surface area contributed by atoms with E-state index in [0.717, 1.165) is 60.5 Å². The Morgan fingerprint density at radius 1 is 0.935 bits per heavy atom. The molecule has 3 N–H and O–H groups in total. The van der Waals surface area contributed by atoms with Crippen LogP contribution >= 0.6 is 35.1 Å². The lowest BCUT2D eigenvalue weighted by molar-refractivity contribution is 0.0685. The molecule has 0 atom stereocenters. The van der Waals surface area contributed by atoms with Crippen LogP contribution in [-0.2, 0) is 37.9 Å². The van der Waals surface area contributed by atoms with Crippen molar-refractivity contribution < 1.29 is 20.1 Å². The lowest BCUT2D eigenvalue weighted by Gasteiger charge is -2.11. The maximum absolute atomic E-state index is 12.1. The van der Waals surface area contributed by atoms with Gasteiger partial charge < -0.3 is 19.9 Å². The van der Waals surface area contributed by atoms with Crippen molar-refractivity contribution in [1.29, 1.82) is 0 Å². The van der Waals surface area contributed by atoms with E-state index in [0.29, 0.717) is 35.2 Å². The standard InChI is InChI=1S/C34H34ClN5O4S2/c1-20-32(33-26-16-30(34(43)44)40(11-6-12-41)29(26)10-9-27(33)35)28(37-38(20)2)19-45-17-22-14-23(39(3)36-22)18-46-24-13-21-7-4-5-8-25(21)31(42)15-24/h4-5,7-10,13-16,41-42H,6,11-12,17-19H2,1-3H3,(H,43,44). The van der Waals surface area contributed by atoms with Gasteiger partial charge in [0.1, 0.15) is 11.4 Å². The van der Waals surface area contributed by atoms with Crippen LogP contribution in [0.4, 0.5) is 0 Å². The van der Waals surface area contributed by atoms with Crippen LogP contribution in [0.15, 0.2) is 65.6 Å². The minimum absolute atomic E-state index is 0.0339. The number of thioether (sulfide) groups is 2. The van der Waals surface area contributed by atoms with Crippen LogP contribution in [0.2, 0.25) is 5.02 Å². The molecule has 0 aliphatic heterocycles. The molecule has 9 nitrogen and oxygen atoms in total. The molecule has 0 radical (unpaired) electrons. The zero-order valence-corrected chi connectivity index (χ0v) is 28.1. The Labute approximate surface area is 279 Å². The van der Waals surface area contributed by atoms with E-state index in [1.165, 1.54) is 0 Å². The van der Waals surface area contributed by atoms with Gasteiger partial charge in [-0.1, -0.05) is 35.9 Å². The van der Waals surface area contributed by atoms with E-state index in [1.54, 1.807) is 40.2 Å². The molecule has 6 rings (SSSR count). The Morgan fingerprint density at radius 3 is 2.52 bits per heavy atom. The number of hydrogen-bond acceptors (Lipinski definition) is 7. The summed E-state index contributed by atoms with van der Waals surface area (Å²) in [6.07, 6.45) is 0.441. The van der Waals surface area contributed by atoms with Gasteiger partial charge in [-0.15, -0.1) is 23.5 Å². The monoisotopic (exact) mass is 675 g/mol. The minimum atomic E-state index is -1.03. The number of hydrogen-bond donors (Lipinski definition) is 3. The van der Waals surface area contributed by atoms with Crippen LogP contribution in [0.1, 0.15) is 39.7 Å². The average molecular weight is 676 g/mol. The SMILES string of the molecule is Cc1c(-c2c(Cl)ccc3c2cc(C(=O)O)n3CCCO)c(CSCc2cc(CSc3cc(O)c4ccccc4c3)n(C)n2)nn1C. The van der Waals surface area contributed by atoms with Crippen molar-refractivity contribution >= 4 is 62.8 Å². The predicted molar refractivity (Wildman–Crippen MR) is 186 cm³/mol. The van der Waals surface area contributed by atoms with Crippen LogP contribution in [-0.4, -0.2) is 52.0 Å². The van der Waals surface area contributed by atoms with Crippen LogP contribution in [0, 0.1) is 6.92 Å². The first-order valence-electron chi connectivity index (χ1n) is 14.8. The third-order valence-electron chi connectivity index (χ3n) is 8.17. The molecule has 238 valence electrons. The number of aryl methyl sites for hydroxylation is 3. The number of aliphatic hydroxyl groups is 1. The first-order valence-corrected chi connectivity index (χ1v) is 17.3. The molecular formula is C34H34ClN5O4S2. The Hall–Kier alpha value is -3.90. The number of phenolic OH excluding ortho intramolecular Hbond substituents is 1. The van der Waals surface area contributed by atoms with E-state index >= 15 is 0 Å². The van der Waals surface area contributed by atoms with Gasteiger partial charge in [-0.2, -0.15) is 10.2 Å². The van der Waals surface area contributed by atoms with E-state index in [1.807, 2.05) is 66.8 Å². The smallest absolute Gasteiger partial charge is 0.352 e. The molecule has 12 heteroatoms. The Balaban J connectivity index is 1.21. The molecule has 3 aromatic carbocycles. The molecule has 0 unspecified atom stereocenters. The number of phenols is 1. The number of aromatic hydroxyl groups is 1. The third kappa shape index (κ3) is 6.24. The fraction of sp³-hybridized carbons (Fsp3) is 0.265. The summed E-state index contributed by atoms with van der Waals surface area (Å²) in [6, 6.07) is 19.2. The highest BCUT2D eigenvalue weighted by atomic mass is 35.5. The largest absolute Gasteiger partial charge is 0.507 e. The molecule has 0 bridgehead atoms. The molecule has 0 saturated heterocycles. The lowest BCUT2D eigenvalue weighted by atomic mass is 9.99. The summed E-state index contributed by atoms with van der Waals surface area (Å²) in [5.74, 6) is 1.26. The quantitative estimate of drug-likeness (QED) is 0.115. The summed E-state index contributed by atoms with van der Waals surface area (Å²) in [4.78, 5) is 13.1. The second-order valence-corrected chi connectivity index (χ2v) is 13.6. The normalized spacial score (nSPS) is 11.7. The maximum atomic E-state index is 12.1. The molecule has 0 amide bonds. The zero-order valence-electron chi connectivity index (χ0n) is 25.7. The summed E-state index contributed by atoms with van der Waals surface area (Å²) >= 11 is 10.2. The minimum Gasteiger partial charge on any atom is -0.507 e. The molecule has 0 spiro atoms. The molecule has 0 saturated carbocycles. The van der Waals surface area contributed by atoms with Gasteiger partial charge >= 0.3 is 5.97 Å². The molecule has 3 heterocycles. The lowest BCUT2D eigenvalue weighted by Crippen LogP contribution is -2.09. The number of carboxylic acid groups (broad SMARTS) is 1. The molecule has 3 aromatic heterocycles. The maximum Gasteiger partial charge on any atom is 0.352 e. The number of benzene rings is 3. The number of halogens is 1. The van der Waals surface area contributed by atoms with Crippen molar-refractivity contribution in [2.75, 3.05) is 6.61 Å². The van der Waals surface area contributed by atoms with Gasteiger partial charge in [-0.25, -0.2) is 4.79 Å². The second kappa shape index (κ2) is 13.4. The highest BCUT2D eigenvalue weighted by molar-refractivity contribution is 7.98. The van der Waals surface area contributed by atoms with Crippen molar-refractivity contribution in [3.63, 3.8) is 0 Å². The fourth-order valence-electron chi connectivity index (χ4n) is 5.85. The number of aliphatic hydroxyl groups excluding tert-OH is 1. The molecular weight excluding hydrogens is 642 g/mol. The third-order valence-corrected chi connectivity index (χ3v) is 10.5. The van der Waals surface area contributed by atoms with Crippen LogP contribution in [0.3, 0.4) is 0 Å². The average Bonchev–Trinajstić information content (AvgIpc) is 3.67. The van der Waals surface area contributed by atoms with E-state index in [9.17, 15) is 20.1 Å². The molecule has 0 fully saturated rings. The van der Waals surface area contributed by atoms with Crippen molar-refractivity contribution in [2.45, 2.75) is 42.0 Å². The first kappa shape index (κ1) is 32.1. The van der Waals surface area contributed by atoms with Gasteiger partial charge in [-0.3, -0.25) is 9.36 Å². The molecule has 6 aromatic rings. The Morgan fingerprint density at radius 2 is 1.74 bits per heavy atom.